The number of nitrogens with one attached hydrogen (secondary N) is 2. The van der Waals surface area contributed by atoms with Gasteiger partial charge in [-0.25, -0.2) is 4.39 Å². The molecular weight excluding hydrogens is 467 g/mol. The molecule has 0 spiro atoms. The molecular formula is C30H39FN4O2. The van der Waals surface area contributed by atoms with Crippen molar-refractivity contribution in [3.63, 3.8) is 0 Å². The van der Waals surface area contributed by atoms with E-state index in [0.29, 0.717) is 29.7 Å². The van der Waals surface area contributed by atoms with Gasteiger partial charge in [-0.05, 0) is 73.0 Å². The molecule has 0 unspecified atom stereocenters. The van der Waals surface area contributed by atoms with Crippen molar-refractivity contribution in [2.75, 3.05) is 31.6 Å². The van der Waals surface area contributed by atoms with Crippen molar-refractivity contribution in [2.24, 2.45) is 5.41 Å². The van der Waals surface area contributed by atoms with E-state index in [0.717, 1.165) is 66.7 Å². The van der Waals surface area contributed by atoms with Gasteiger partial charge in [0.25, 0.3) is 5.56 Å². The predicted molar refractivity (Wildman–Crippen MR) is 149 cm³/mol. The largest absolute Gasteiger partial charge is 0.396 e. The van der Waals surface area contributed by atoms with Crippen molar-refractivity contribution in [1.82, 2.24) is 14.8 Å². The van der Waals surface area contributed by atoms with Crippen molar-refractivity contribution in [1.29, 1.82) is 0 Å². The van der Waals surface area contributed by atoms with Crippen LogP contribution < -0.4 is 16.2 Å². The van der Waals surface area contributed by atoms with Gasteiger partial charge in [-0.3, -0.25) is 9.69 Å². The molecule has 1 atom stereocenters. The molecule has 3 aromatic rings. The Morgan fingerprint density at radius 1 is 1.19 bits per heavy atom. The molecule has 198 valence electrons. The van der Waals surface area contributed by atoms with Crippen LogP contribution in [0, 0.1) is 18.2 Å². The molecule has 1 aliphatic carbocycles. The van der Waals surface area contributed by atoms with Gasteiger partial charge in [-0.1, -0.05) is 19.9 Å². The summed E-state index contributed by atoms with van der Waals surface area (Å²) in [5.41, 5.74) is 3.74. The smallest absolute Gasteiger partial charge is 0.258 e. The summed E-state index contributed by atoms with van der Waals surface area (Å²) < 4.78 is 16.8. The fraction of sp³-hybridized carbons (Fsp3) is 0.500. The average Bonchev–Trinajstić information content (AvgIpc) is 3.67. The number of anilines is 1. The summed E-state index contributed by atoms with van der Waals surface area (Å²) in [7, 11) is 0. The first-order valence-corrected chi connectivity index (χ1v) is 13.4. The van der Waals surface area contributed by atoms with Crippen LogP contribution in [0.3, 0.4) is 0 Å². The quantitative estimate of drug-likeness (QED) is 0.420. The van der Waals surface area contributed by atoms with E-state index in [-0.39, 0.29) is 18.0 Å². The van der Waals surface area contributed by atoms with E-state index in [4.69, 9.17) is 0 Å². The van der Waals surface area contributed by atoms with Crippen molar-refractivity contribution >= 4 is 16.5 Å². The van der Waals surface area contributed by atoms with Crippen LogP contribution in [-0.2, 0) is 13.1 Å². The zero-order valence-electron chi connectivity index (χ0n) is 22.4. The van der Waals surface area contributed by atoms with Crippen LogP contribution in [0.25, 0.3) is 21.9 Å². The summed E-state index contributed by atoms with van der Waals surface area (Å²) in [6, 6.07) is 10.2. The molecule has 37 heavy (non-hydrogen) atoms. The number of piperazine rings is 1. The second kappa shape index (κ2) is 10.2. The Labute approximate surface area is 218 Å². The molecule has 2 aromatic carbocycles. The molecule has 1 aliphatic heterocycles. The van der Waals surface area contributed by atoms with Gasteiger partial charge in [-0.2, -0.15) is 0 Å². The molecule has 7 heteroatoms. The molecule has 2 fully saturated rings. The third-order valence-corrected chi connectivity index (χ3v) is 7.51. The molecule has 5 rings (SSSR count). The number of aliphatic hydroxyl groups is 1. The van der Waals surface area contributed by atoms with Gasteiger partial charge in [0.1, 0.15) is 5.82 Å². The number of hydrogen-bond acceptors (Lipinski definition) is 5. The summed E-state index contributed by atoms with van der Waals surface area (Å²) in [4.78, 5) is 16.0. The maximum absolute atomic E-state index is 15.1. The Morgan fingerprint density at radius 2 is 1.97 bits per heavy atom. The van der Waals surface area contributed by atoms with Gasteiger partial charge in [0.2, 0.25) is 0 Å². The number of aliphatic hydroxyl groups excluding tert-OH is 1. The van der Waals surface area contributed by atoms with Crippen molar-refractivity contribution in [2.45, 2.75) is 65.7 Å². The molecule has 0 radical (unpaired) electrons. The highest BCUT2D eigenvalue weighted by Crippen LogP contribution is 2.37. The average molecular weight is 507 g/mol. The highest BCUT2D eigenvalue weighted by atomic mass is 19.1. The van der Waals surface area contributed by atoms with E-state index in [2.05, 4.69) is 28.5 Å². The number of benzene rings is 2. The third-order valence-electron chi connectivity index (χ3n) is 7.51. The molecule has 0 bridgehead atoms. The van der Waals surface area contributed by atoms with Gasteiger partial charge in [-0.15, -0.1) is 0 Å². The first kappa shape index (κ1) is 25.9. The third kappa shape index (κ3) is 5.74. The SMILES string of the molecule is Cc1cc(F)c(NC2CC2)c(-c2ccc3c(=O)n(CC(C)(C)CO)cc(CN4CCN[C@@H](C)C4)c3c2)c1. The van der Waals surface area contributed by atoms with E-state index in [1.807, 2.05) is 45.2 Å². The lowest BCUT2D eigenvalue weighted by Gasteiger charge is -2.32. The number of pyridine rings is 1. The maximum atomic E-state index is 15.1. The number of nitrogens with zero attached hydrogens (tertiary/aromatic N) is 2. The molecule has 2 aliphatic rings. The predicted octanol–water partition coefficient (Wildman–Crippen LogP) is 4.50. The molecule has 0 amide bonds. The highest BCUT2D eigenvalue weighted by molar-refractivity contribution is 5.91. The van der Waals surface area contributed by atoms with Gasteiger partial charge in [0, 0.05) is 74.0 Å². The van der Waals surface area contributed by atoms with Gasteiger partial charge < -0.3 is 20.3 Å². The van der Waals surface area contributed by atoms with Gasteiger partial charge >= 0.3 is 0 Å². The van der Waals surface area contributed by atoms with Crippen LogP contribution in [-0.4, -0.2) is 52.9 Å². The second-order valence-corrected chi connectivity index (χ2v) is 11.8. The van der Waals surface area contributed by atoms with Crippen LogP contribution in [0.2, 0.25) is 0 Å². The van der Waals surface area contributed by atoms with Crippen LogP contribution >= 0.6 is 0 Å². The number of aromatic nitrogens is 1. The fourth-order valence-corrected chi connectivity index (χ4v) is 5.33. The number of fused-ring (bicyclic) bond motifs is 1. The molecule has 1 aromatic heterocycles. The Balaban J connectivity index is 1.64. The molecule has 2 heterocycles. The fourth-order valence-electron chi connectivity index (χ4n) is 5.33. The Hall–Kier alpha value is -2.74. The van der Waals surface area contributed by atoms with Crippen LogP contribution in [0.4, 0.5) is 10.1 Å². The summed E-state index contributed by atoms with van der Waals surface area (Å²) in [5, 5.41) is 18.3. The Bertz CT molecular complexity index is 1360. The summed E-state index contributed by atoms with van der Waals surface area (Å²) >= 11 is 0. The zero-order valence-corrected chi connectivity index (χ0v) is 22.4. The van der Waals surface area contributed by atoms with E-state index >= 15 is 4.39 Å². The van der Waals surface area contributed by atoms with Crippen LogP contribution in [0.1, 0.15) is 44.7 Å². The minimum absolute atomic E-state index is 0.00322. The minimum Gasteiger partial charge on any atom is -0.396 e. The number of hydrogen-bond donors (Lipinski definition) is 3. The van der Waals surface area contributed by atoms with Crippen molar-refractivity contribution in [3.05, 3.63) is 63.8 Å². The first-order chi connectivity index (χ1) is 17.6. The standard InChI is InChI=1S/C30H39FN4O2/c1-19-11-26(28(27(31)12-19)33-23-6-7-23)21-5-8-24-25(13-21)22(15-34-10-9-32-20(2)14-34)16-35(29(24)37)17-30(3,4)18-36/h5,8,11-13,16,20,23,32-33,36H,6-7,9-10,14-15,17-18H2,1-4H3/t20-/m0/s1. The van der Waals surface area contributed by atoms with E-state index in [1.165, 1.54) is 0 Å². The van der Waals surface area contributed by atoms with E-state index in [1.54, 1.807) is 10.6 Å². The summed E-state index contributed by atoms with van der Waals surface area (Å²) in [6.07, 6.45) is 4.09. The molecule has 3 N–H and O–H groups in total. The molecule has 1 saturated carbocycles. The van der Waals surface area contributed by atoms with E-state index in [9.17, 15) is 9.90 Å². The topological polar surface area (TPSA) is 69.5 Å². The molecule has 6 nitrogen and oxygen atoms in total. The maximum Gasteiger partial charge on any atom is 0.258 e. The second-order valence-electron chi connectivity index (χ2n) is 11.8. The monoisotopic (exact) mass is 506 g/mol. The zero-order chi connectivity index (χ0) is 26.3. The highest BCUT2D eigenvalue weighted by Gasteiger charge is 2.25. The number of aryl methyl sites for hydroxylation is 1. The minimum atomic E-state index is -0.416. The Morgan fingerprint density at radius 3 is 2.68 bits per heavy atom. The van der Waals surface area contributed by atoms with Crippen molar-refractivity contribution in [3.8, 4) is 11.1 Å². The Kier molecular flexibility index (Phi) is 7.14. The van der Waals surface area contributed by atoms with Gasteiger partial charge in [0.05, 0.1) is 5.69 Å². The lowest BCUT2D eigenvalue weighted by Crippen LogP contribution is -2.48. The number of rotatable bonds is 8. The van der Waals surface area contributed by atoms with Crippen LogP contribution in [0.5, 0.6) is 0 Å². The first-order valence-electron chi connectivity index (χ1n) is 13.4. The lowest BCUT2D eigenvalue weighted by atomic mass is 9.93. The van der Waals surface area contributed by atoms with Crippen LogP contribution in [0.15, 0.2) is 41.3 Å². The van der Waals surface area contributed by atoms with E-state index < -0.39 is 5.41 Å². The number of halogens is 1. The normalized spacial score (nSPS) is 18.9. The van der Waals surface area contributed by atoms with Crippen molar-refractivity contribution < 1.29 is 9.50 Å². The summed E-state index contributed by atoms with van der Waals surface area (Å²) in [5.74, 6) is -0.237. The van der Waals surface area contributed by atoms with Gasteiger partial charge in [0.15, 0.2) is 0 Å². The summed E-state index contributed by atoms with van der Waals surface area (Å²) in [6.45, 7) is 12.0. The lowest BCUT2D eigenvalue weighted by molar-refractivity contribution is 0.139. The molecule has 1 saturated heterocycles.